The highest BCUT2D eigenvalue weighted by Gasteiger charge is 2.07. The highest BCUT2D eigenvalue weighted by Crippen LogP contribution is 2.23. The smallest absolute Gasteiger partial charge is 0.124 e. The first-order valence-electron chi connectivity index (χ1n) is 5.81. The Labute approximate surface area is 111 Å². The number of aryl methyl sites for hydroxylation is 1. The summed E-state index contributed by atoms with van der Waals surface area (Å²) < 4.78 is 7.36. The second-order valence-electron chi connectivity index (χ2n) is 4.06. The van der Waals surface area contributed by atoms with Crippen LogP contribution >= 0.6 is 11.6 Å². The molecule has 0 aliphatic carbocycles. The Kier molecular flexibility index (Phi) is 3.77. The minimum Gasteiger partial charge on any atom is -0.494 e. The van der Waals surface area contributed by atoms with Crippen molar-refractivity contribution in [3.63, 3.8) is 0 Å². The summed E-state index contributed by atoms with van der Waals surface area (Å²) in [5.41, 5.74) is 8.33. The van der Waals surface area contributed by atoms with Gasteiger partial charge in [0.15, 0.2) is 0 Å². The molecule has 96 valence electrons. The van der Waals surface area contributed by atoms with Gasteiger partial charge < -0.3 is 10.5 Å². The molecule has 2 N–H and O–H groups in total. The monoisotopic (exact) mass is 265 g/mol. The van der Waals surface area contributed by atoms with Crippen LogP contribution in [-0.2, 0) is 6.54 Å². The topological polar surface area (TPSA) is 53.1 Å². The van der Waals surface area contributed by atoms with Gasteiger partial charge in [-0.3, -0.25) is 4.68 Å². The van der Waals surface area contributed by atoms with Crippen molar-refractivity contribution in [2.75, 3.05) is 12.3 Å². The van der Waals surface area contributed by atoms with E-state index in [9.17, 15) is 0 Å². The molecular weight excluding hydrogens is 250 g/mol. The molecule has 2 rings (SSSR count). The van der Waals surface area contributed by atoms with E-state index in [1.165, 1.54) is 0 Å². The Morgan fingerprint density at radius 3 is 2.83 bits per heavy atom. The van der Waals surface area contributed by atoms with Crippen molar-refractivity contribution < 1.29 is 4.74 Å². The van der Waals surface area contributed by atoms with Crippen LogP contribution in [0.5, 0.6) is 5.75 Å². The van der Waals surface area contributed by atoms with E-state index in [0.29, 0.717) is 23.9 Å². The molecule has 0 unspecified atom stereocenters. The first-order valence-corrected chi connectivity index (χ1v) is 6.18. The molecular formula is C13H16ClN3O. The van der Waals surface area contributed by atoms with Crippen molar-refractivity contribution in [2.24, 2.45) is 0 Å². The number of halogens is 1. The molecule has 18 heavy (non-hydrogen) atoms. The minimum absolute atomic E-state index is 0.591. The average molecular weight is 266 g/mol. The van der Waals surface area contributed by atoms with Crippen LogP contribution < -0.4 is 10.5 Å². The molecule has 0 aliphatic rings. The van der Waals surface area contributed by atoms with Crippen molar-refractivity contribution in [2.45, 2.75) is 20.4 Å². The molecule has 5 heteroatoms. The molecule has 0 radical (unpaired) electrons. The standard InChI is InChI=1S/C13H16ClN3O/c1-3-18-13-5-4-11(15)6-10(13)7-17-8-12(14)9(2)16-17/h4-6,8H,3,7,15H2,1-2H3. The van der Waals surface area contributed by atoms with Gasteiger partial charge in [0.2, 0.25) is 0 Å². The predicted octanol–water partition coefficient (Wildman–Crippen LogP) is 2.87. The number of anilines is 1. The van der Waals surface area contributed by atoms with Gasteiger partial charge in [-0.25, -0.2) is 0 Å². The van der Waals surface area contributed by atoms with Crippen molar-refractivity contribution in [1.82, 2.24) is 9.78 Å². The number of nitrogens with two attached hydrogens (primary N) is 1. The van der Waals surface area contributed by atoms with E-state index in [4.69, 9.17) is 22.1 Å². The summed E-state index contributed by atoms with van der Waals surface area (Å²) in [6.07, 6.45) is 1.80. The van der Waals surface area contributed by atoms with Crippen molar-refractivity contribution in [1.29, 1.82) is 0 Å². The van der Waals surface area contributed by atoms with Crippen LogP contribution in [0, 0.1) is 6.92 Å². The fraction of sp³-hybridized carbons (Fsp3) is 0.308. The molecule has 1 heterocycles. The van der Waals surface area contributed by atoms with Crippen molar-refractivity contribution >= 4 is 17.3 Å². The molecule has 0 spiro atoms. The van der Waals surface area contributed by atoms with Crippen LogP contribution in [0.25, 0.3) is 0 Å². The number of aromatic nitrogens is 2. The summed E-state index contributed by atoms with van der Waals surface area (Å²) in [5.74, 6) is 0.830. The Morgan fingerprint density at radius 1 is 1.44 bits per heavy atom. The second-order valence-corrected chi connectivity index (χ2v) is 4.47. The Bertz CT molecular complexity index is 532. The summed E-state index contributed by atoms with van der Waals surface area (Å²) in [5, 5.41) is 4.99. The van der Waals surface area contributed by atoms with Crippen LogP contribution in [0.2, 0.25) is 5.02 Å². The molecule has 0 atom stereocenters. The molecule has 0 bridgehead atoms. The van der Waals surface area contributed by atoms with E-state index < -0.39 is 0 Å². The Morgan fingerprint density at radius 2 is 2.22 bits per heavy atom. The van der Waals surface area contributed by atoms with Crippen LogP contribution in [0.4, 0.5) is 5.69 Å². The van der Waals surface area contributed by atoms with Gasteiger partial charge in [-0.1, -0.05) is 11.6 Å². The summed E-state index contributed by atoms with van der Waals surface area (Å²) in [7, 11) is 0. The van der Waals surface area contributed by atoms with Crippen molar-refractivity contribution in [3.05, 3.63) is 40.7 Å². The fourth-order valence-electron chi connectivity index (χ4n) is 1.77. The zero-order valence-electron chi connectivity index (χ0n) is 10.5. The molecule has 4 nitrogen and oxygen atoms in total. The highest BCUT2D eigenvalue weighted by atomic mass is 35.5. The lowest BCUT2D eigenvalue weighted by Crippen LogP contribution is -2.04. The third-order valence-corrected chi connectivity index (χ3v) is 2.97. The number of hydrogen-bond donors (Lipinski definition) is 1. The van der Waals surface area contributed by atoms with E-state index >= 15 is 0 Å². The highest BCUT2D eigenvalue weighted by molar-refractivity contribution is 6.31. The van der Waals surface area contributed by atoms with E-state index in [0.717, 1.165) is 17.0 Å². The van der Waals surface area contributed by atoms with E-state index in [1.807, 2.05) is 32.0 Å². The number of nitrogens with zero attached hydrogens (tertiary/aromatic N) is 2. The molecule has 0 aliphatic heterocycles. The lowest BCUT2D eigenvalue weighted by atomic mass is 10.2. The predicted molar refractivity (Wildman–Crippen MR) is 73.1 cm³/mol. The summed E-state index contributed by atoms with van der Waals surface area (Å²) >= 11 is 5.99. The molecule has 1 aromatic carbocycles. The second kappa shape index (κ2) is 5.31. The van der Waals surface area contributed by atoms with E-state index in [1.54, 1.807) is 10.9 Å². The number of nitrogen functional groups attached to an aromatic ring is 1. The molecule has 0 saturated carbocycles. The first kappa shape index (κ1) is 12.8. The van der Waals surface area contributed by atoms with Crippen LogP contribution in [0.1, 0.15) is 18.2 Å². The zero-order chi connectivity index (χ0) is 13.1. The number of ether oxygens (including phenoxy) is 1. The van der Waals surface area contributed by atoms with Crippen molar-refractivity contribution in [3.8, 4) is 5.75 Å². The van der Waals surface area contributed by atoms with Gasteiger partial charge in [0.05, 0.1) is 23.9 Å². The zero-order valence-corrected chi connectivity index (χ0v) is 11.2. The van der Waals surface area contributed by atoms with E-state index in [-0.39, 0.29) is 0 Å². The summed E-state index contributed by atoms with van der Waals surface area (Å²) in [6, 6.07) is 5.61. The van der Waals surface area contributed by atoms with Gasteiger partial charge >= 0.3 is 0 Å². The third-order valence-electron chi connectivity index (χ3n) is 2.60. The van der Waals surface area contributed by atoms with Gasteiger partial charge in [0.1, 0.15) is 5.75 Å². The molecule has 0 saturated heterocycles. The normalized spacial score (nSPS) is 10.6. The number of rotatable bonds is 4. The average Bonchev–Trinajstić information content (AvgIpc) is 2.62. The number of benzene rings is 1. The lowest BCUT2D eigenvalue weighted by molar-refractivity contribution is 0.335. The van der Waals surface area contributed by atoms with Gasteiger partial charge in [-0.2, -0.15) is 5.10 Å². The largest absolute Gasteiger partial charge is 0.494 e. The fourth-order valence-corrected chi connectivity index (χ4v) is 1.92. The maximum Gasteiger partial charge on any atom is 0.124 e. The van der Waals surface area contributed by atoms with Gasteiger partial charge in [-0.15, -0.1) is 0 Å². The Hall–Kier alpha value is -1.68. The van der Waals surface area contributed by atoms with Crippen LogP contribution in [-0.4, -0.2) is 16.4 Å². The third kappa shape index (κ3) is 2.76. The Balaban J connectivity index is 2.29. The molecule has 0 amide bonds. The van der Waals surface area contributed by atoms with E-state index in [2.05, 4.69) is 5.10 Å². The SMILES string of the molecule is CCOc1ccc(N)cc1Cn1cc(Cl)c(C)n1. The summed E-state index contributed by atoms with van der Waals surface area (Å²) in [4.78, 5) is 0. The quantitative estimate of drug-likeness (QED) is 0.865. The van der Waals surface area contributed by atoms with Gasteiger partial charge in [0, 0.05) is 17.4 Å². The van der Waals surface area contributed by atoms with Crippen LogP contribution in [0.3, 0.4) is 0 Å². The molecule has 2 aromatic rings. The maximum absolute atomic E-state index is 5.99. The number of hydrogen-bond acceptors (Lipinski definition) is 3. The van der Waals surface area contributed by atoms with Gasteiger partial charge in [0.25, 0.3) is 0 Å². The van der Waals surface area contributed by atoms with Gasteiger partial charge in [-0.05, 0) is 32.0 Å². The maximum atomic E-state index is 5.99. The molecule has 0 fully saturated rings. The lowest BCUT2D eigenvalue weighted by Gasteiger charge is -2.11. The minimum atomic E-state index is 0.591. The summed E-state index contributed by atoms with van der Waals surface area (Å²) in [6.45, 7) is 5.04. The van der Waals surface area contributed by atoms with Crippen LogP contribution in [0.15, 0.2) is 24.4 Å². The molecule has 1 aromatic heterocycles. The first-order chi connectivity index (χ1) is 8.60.